The molecule has 2 N–H and O–H groups in total. The third-order valence-corrected chi connectivity index (χ3v) is 6.04. The molecule has 2 bridgehead atoms. The zero-order chi connectivity index (χ0) is 16.9. The smallest absolute Gasteiger partial charge is 0.220 e. The number of fused-ring (bicyclic) bond motifs is 2. The van der Waals surface area contributed by atoms with E-state index < -0.39 is 0 Å². The molecule has 132 valence electrons. The summed E-state index contributed by atoms with van der Waals surface area (Å²) < 4.78 is 0. The van der Waals surface area contributed by atoms with E-state index in [2.05, 4.69) is 48.7 Å². The van der Waals surface area contributed by atoms with Crippen LogP contribution >= 0.6 is 0 Å². The van der Waals surface area contributed by atoms with E-state index in [-0.39, 0.29) is 11.9 Å². The van der Waals surface area contributed by atoms with Crippen molar-refractivity contribution in [1.29, 1.82) is 0 Å². The number of amides is 1. The van der Waals surface area contributed by atoms with Crippen molar-refractivity contribution in [3.63, 3.8) is 0 Å². The molecular formula is C21H32N2O. The van der Waals surface area contributed by atoms with Gasteiger partial charge in [0.15, 0.2) is 0 Å². The van der Waals surface area contributed by atoms with Crippen LogP contribution in [0.2, 0.25) is 0 Å². The predicted octanol–water partition coefficient (Wildman–Crippen LogP) is 4.20. The second-order valence-corrected chi connectivity index (χ2v) is 7.71. The molecule has 24 heavy (non-hydrogen) atoms. The molecule has 2 aliphatic rings. The van der Waals surface area contributed by atoms with Crippen molar-refractivity contribution < 1.29 is 4.79 Å². The maximum absolute atomic E-state index is 12.7. The van der Waals surface area contributed by atoms with E-state index in [0.717, 1.165) is 12.8 Å². The van der Waals surface area contributed by atoms with Crippen molar-refractivity contribution in [3.8, 4) is 0 Å². The number of hydrogen-bond acceptors (Lipinski definition) is 2. The van der Waals surface area contributed by atoms with Crippen LogP contribution in [-0.4, -0.2) is 18.0 Å². The molecule has 0 aromatic heterocycles. The van der Waals surface area contributed by atoms with E-state index in [0.29, 0.717) is 30.3 Å². The first-order chi connectivity index (χ1) is 11.7. The van der Waals surface area contributed by atoms with Crippen LogP contribution < -0.4 is 10.6 Å². The van der Waals surface area contributed by atoms with Gasteiger partial charge in [-0.1, -0.05) is 57.0 Å². The van der Waals surface area contributed by atoms with Gasteiger partial charge in [-0.15, -0.1) is 0 Å². The van der Waals surface area contributed by atoms with Gasteiger partial charge in [0.1, 0.15) is 0 Å². The van der Waals surface area contributed by atoms with Crippen molar-refractivity contribution >= 4 is 5.91 Å². The Hall–Kier alpha value is -1.35. The normalized spacial score (nSPS) is 27.2. The molecule has 3 heteroatoms. The van der Waals surface area contributed by atoms with E-state index >= 15 is 0 Å². The van der Waals surface area contributed by atoms with Gasteiger partial charge < -0.3 is 10.6 Å². The summed E-state index contributed by atoms with van der Waals surface area (Å²) in [6.45, 7) is 4.45. The summed E-state index contributed by atoms with van der Waals surface area (Å²) in [5, 5.41) is 7.04. The van der Waals surface area contributed by atoms with Crippen LogP contribution in [0.4, 0.5) is 0 Å². The van der Waals surface area contributed by atoms with Crippen molar-refractivity contribution in [2.24, 2.45) is 11.8 Å². The lowest BCUT2D eigenvalue weighted by Gasteiger charge is -2.31. The molecule has 2 aliphatic heterocycles. The molecule has 0 radical (unpaired) electrons. The van der Waals surface area contributed by atoms with Gasteiger partial charge in [-0.05, 0) is 43.1 Å². The highest BCUT2D eigenvalue weighted by atomic mass is 16.1. The molecule has 2 fully saturated rings. The van der Waals surface area contributed by atoms with Gasteiger partial charge in [0.05, 0.1) is 6.04 Å². The van der Waals surface area contributed by atoms with Gasteiger partial charge in [-0.3, -0.25) is 4.79 Å². The van der Waals surface area contributed by atoms with E-state index in [1.54, 1.807) is 0 Å². The van der Waals surface area contributed by atoms with Crippen LogP contribution in [0.5, 0.6) is 0 Å². The van der Waals surface area contributed by atoms with E-state index in [1.807, 2.05) is 6.07 Å². The van der Waals surface area contributed by atoms with Gasteiger partial charge in [0.25, 0.3) is 0 Å². The Bertz CT molecular complexity index is 514. The Labute approximate surface area is 146 Å². The Morgan fingerprint density at radius 3 is 2.33 bits per heavy atom. The van der Waals surface area contributed by atoms with Gasteiger partial charge in [0, 0.05) is 18.5 Å². The molecule has 2 saturated heterocycles. The topological polar surface area (TPSA) is 41.1 Å². The lowest BCUT2D eigenvalue weighted by molar-refractivity contribution is -0.123. The molecule has 2 heterocycles. The first kappa shape index (κ1) is 17.5. The van der Waals surface area contributed by atoms with E-state index in [4.69, 9.17) is 0 Å². The summed E-state index contributed by atoms with van der Waals surface area (Å²) in [5.74, 6) is 1.30. The maximum atomic E-state index is 12.7. The highest BCUT2D eigenvalue weighted by Gasteiger charge is 2.34. The van der Waals surface area contributed by atoms with Crippen molar-refractivity contribution in [2.75, 3.05) is 0 Å². The minimum absolute atomic E-state index is 0.145. The Morgan fingerprint density at radius 1 is 1.12 bits per heavy atom. The average Bonchev–Trinajstić information content (AvgIpc) is 2.94. The number of benzene rings is 1. The SMILES string of the molecule is CCC(CC)C(NC(=O)CC1CC2CCC(C1)N2)c1ccccc1. The fourth-order valence-electron chi connectivity index (χ4n) is 4.73. The average molecular weight is 328 g/mol. The predicted molar refractivity (Wildman–Crippen MR) is 98.7 cm³/mol. The minimum atomic E-state index is 0.145. The Morgan fingerprint density at radius 2 is 1.75 bits per heavy atom. The first-order valence-corrected chi connectivity index (χ1v) is 9.79. The van der Waals surface area contributed by atoms with Crippen LogP contribution in [0.1, 0.15) is 70.4 Å². The number of hydrogen-bond donors (Lipinski definition) is 2. The molecule has 0 saturated carbocycles. The summed E-state index contributed by atoms with van der Waals surface area (Å²) in [5.41, 5.74) is 1.24. The standard InChI is InChI=1S/C21H32N2O/c1-3-16(4-2)21(17-8-6-5-7-9-17)23-20(24)14-15-12-18-10-11-19(13-15)22-18/h5-9,15-16,18-19,21-22H,3-4,10-14H2,1-2H3,(H,23,24). The summed E-state index contributed by atoms with van der Waals surface area (Å²) in [4.78, 5) is 12.7. The fraction of sp³-hybridized carbons (Fsp3) is 0.667. The number of carbonyl (C=O) groups excluding carboxylic acids is 1. The molecule has 3 nitrogen and oxygen atoms in total. The number of rotatable bonds is 7. The molecule has 0 spiro atoms. The van der Waals surface area contributed by atoms with Crippen LogP contribution in [0.25, 0.3) is 0 Å². The largest absolute Gasteiger partial charge is 0.349 e. The van der Waals surface area contributed by atoms with Crippen LogP contribution in [0.15, 0.2) is 30.3 Å². The number of nitrogens with one attached hydrogen (secondary N) is 2. The van der Waals surface area contributed by atoms with Gasteiger partial charge in [-0.2, -0.15) is 0 Å². The highest BCUT2D eigenvalue weighted by Crippen LogP contribution is 2.33. The van der Waals surface area contributed by atoms with Gasteiger partial charge in [-0.25, -0.2) is 0 Å². The van der Waals surface area contributed by atoms with Crippen LogP contribution in [0.3, 0.4) is 0 Å². The van der Waals surface area contributed by atoms with E-state index in [9.17, 15) is 4.79 Å². The number of piperidine rings is 1. The monoisotopic (exact) mass is 328 g/mol. The molecule has 1 aromatic rings. The molecule has 3 rings (SSSR count). The maximum Gasteiger partial charge on any atom is 0.220 e. The van der Waals surface area contributed by atoms with Gasteiger partial charge in [0.2, 0.25) is 5.91 Å². The lowest BCUT2D eigenvalue weighted by Crippen LogP contribution is -2.40. The Kier molecular flexibility index (Phi) is 5.94. The minimum Gasteiger partial charge on any atom is -0.349 e. The molecule has 1 aromatic carbocycles. The second kappa shape index (κ2) is 8.15. The fourth-order valence-corrected chi connectivity index (χ4v) is 4.73. The molecule has 0 aliphatic carbocycles. The molecule has 3 unspecified atom stereocenters. The first-order valence-electron chi connectivity index (χ1n) is 9.79. The summed E-state index contributed by atoms with van der Waals surface area (Å²) in [6.07, 6.45) is 7.81. The zero-order valence-electron chi connectivity index (χ0n) is 15.1. The third kappa shape index (κ3) is 4.18. The van der Waals surface area contributed by atoms with Crippen LogP contribution in [-0.2, 0) is 4.79 Å². The summed E-state index contributed by atoms with van der Waals surface area (Å²) >= 11 is 0. The summed E-state index contributed by atoms with van der Waals surface area (Å²) in [6, 6.07) is 11.9. The third-order valence-electron chi connectivity index (χ3n) is 6.04. The quantitative estimate of drug-likeness (QED) is 0.787. The second-order valence-electron chi connectivity index (χ2n) is 7.71. The molecule has 1 amide bonds. The highest BCUT2D eigenvalue weighted by molar-refractivity contribution is 5.76. The number of carbonyl (C=O) groups is 1. The van der Waals surface area contributed by atoms with Crippen molar-refractivity contribution in [2.45, 2.75) is 76.9 Å². The van der Waals surface area contributed by atoms with Crippen molar-refractivity contribution in [3.05, 3.63) is 35.9 Å². The summed E-state index contributed by atoms with van der Waals surface area (Å²) in [7, 11) is 0. The molecular weight excluding hydrogens is 296 g/mol. The zero-order valence-corrected chi connectivity index (χ0v) is 15.1. The van der Waals surface area contributed by atoms with E-state index in [1.165, 1.54) is 31.2 Å². The van der Waals surface area contributed by atoms with Crippen LogP contribution in [0, 0.1) is 11.8 Å². The van der Waals surface area contributed by atoms with Gasteiger partial charge >= 0.3 is 0 Å². The lowest BCUT2D eigenvalue weighted by atomic mass is 9.87. The molecule has 3 atom stereocenters. The van der Waals surface area contributed by atoms with Crippen molar-refractivity contribution in [1.82, 2.24) is 10.6 Å². The Balaban J connectivity index is 1.62.